The lowest BCUT2D eigenvalue weighted by Crippen LogP contribution is -2.69. The maximum Gasteiger partial charge on any atom is 0.229 e. The number of nitrogens with zero attached hydrogens (tertiary/aromatic N) is 3. The molecular weight excluding hydrogens is 527 g/mol. The van der Waals surface area contributed by atoms with E-state index in [2.05, 4.69) is 41.6 Å². The zero-order chi connectivity index (χ0) is 28.1. The number of rotatable bonds is 9. The number of hydrogen-bond acceptors (Lipinski definition) is 8. The van der Waals surface area contributed by atoms with Gasteiger partial charge in [0.1, 0.15) is 12.4 Å². The van der Waals surface area contributed by atoms with E-state index in [1.807, 2.05) is 11.4 Å². The van der Waals surface area contributed by atoms with Crippen molar-refractivity contribution in [3.05, 3.63) is 35.5 Å². The molecule has 2 bridgehead atoms. The highest BCUT2D eigenvalue weighted by atomic mass is 32.1. The van der Waals surface area contributed by atoms with Gasteiger partial charge in [0.2, 0.25) is 11.9 Å². The summed E-state index contributed by atoms with van der Waals surface area (Å²) in [7, 11) is 1.71. The highest BCUT2D eigenvalue weighted by molar-refractivity contribution is 7.17. The minimum Gasteiger partial charge on any atom is -0.489 e. The lowest BCUT2D eigenvalue weighted by molar-refractivity contribution is -0.155. The molecule has 40 heavy (non-hydrogen) atoms. The third kappa shape index (κ3) is 4.79. The normalized spacial score (nSPS) is 27.3. The zero-order valence-electron chi connectivity index (χ0n) is 23.7. The van der Waals surface area contributed by atoms with Gasteiger partial charge in [0.25, 0.3) is 0 Å². The van der Waals surface area contributed by atoms with Crippen molar-refractivity contribution in [3.8, 4) is 5.75 Å². The van der Waals surface area contributed by atoms with Crippen LogP contribution in [-0.2, 0) is 4.79 Å². The Morgan fingerprint density at radius 3 is 2.70 bits per heavy atom. The second-order valence-corrected chi connectivity index (χ2v) is 13.2. The Hall–Kier alpha value is -2.98. The van der Waals surface area contributed by atoms with E-state index in [4.69, 9.17) is 14.7 Å². The van der Waals surface area contributed by atoms with Crippen molar-refractivity contribution in [2.24, 2.45) is 23.2 Å². The molecule has 4 aliphatic rings. The molecule has 3 saturated carbocycles. The highest BCUT2D eigenvalue weighted by Gasteiger charge is 2.64. The number of nitrogens with one attached hydrogen (secondary N) is 3. The summed E-state index contributed by atoms with van der Waals surface area (Å²) in [5.74, 6) is 1.66. The molecule has 0 spiro atoms. The first-order valence-electron chi connectivity index (χ1n) is 14.4. The highest BCUT2D eigenvalue weighted by Crippen LogP contribution is 2.65. The Morgan fingerprint density at radius 2 is 1.98 bits per heavy atom. The van der Waals surface area contributed by atoms with Crippen molar-refractivity contribution in [3.63, 3.8) is 0 Å². The van der Waals surface area contributed by atoms with Gasteiger partial charge in [-0.15, -0.1) is 11.3 Å². The summed E-state index contributed by atoms with van der Waals surface area (Å²) in [4.78, 5) is 24.9. The first-order chi connectivity index (χ1) is 19.2. The van der Waals surface area contributed by atoms with Crippen molar-refractivity contribution >= 4 is 44.9 Å². The Labute approximate surface area is 239 Å². The second kappa shape index (κ2) is 10.4. The van der Waals surface area contributed by atoms with Crippen LogP contribution >= 0.6 is 11.3 Å². The third-order valence-electron chi connectivity index (χ3n) is 9.74. The number of ether oxygens (including phenoxy) is 1. The van der Waals surface area contributed by atoms with Gasteiger partial charge in [0.05, 0.1) is 21.7 Å². The molecule has 8 nitrogen and oxygen atoms in total. The molecule has 0 radical (unpaired) electrons. The van der Waals surface area contributed by atoms with Crippen LogP contribution in [0.5, 0.6) is 5.75 Å². The van der Waals surface area contributed by atoms with Gasteiger partial charge in [-0.05, 0) is 86.5 Å². The largest absolute Gasteiger partial charge is 0.489 e. The molecule has 3 heterocycles. The number of hydrogen-bond donors (Lipinski definition) is 3. The van der Waals surface area contributed by atoms with Gasteiger partial charge in [-0.3, -0.25) is 9.69 Å². The Bertz CT molecular complexity index is 1410. The molecule has 3 aromatic rings. The number of fused-ring (bicyclic) bond motifs is 3. The monoisotopic (exact) mass is 566 g/mol. The van der Waals surface area contributed by atoms with Crippen molar-refractivity contribution in [1.82, 2.24) is 20.2 Å². The van der Waals surface area contributed by atoms with Gasteiger partial charge >= 0.3 is 0 Å². The van der Waals surface area contributed by atoms with Crippen LogP contribution in [-0.4, -0.2) is 59.6 Å². The molecule has 4 fully saturated rings. The number of likely N-dealkylation sites (tertiary alicyclic amines) is 1. The van der Waals surface area contributed by atoms with Crippen LogP contribution in [0.4, 0.5) is 21.8 Å². The molecule has 4 atom stereocenters. The van der Waals surface area contributed by atoms with Gasteiger partial charge in [0, 0.05) is 25.3 Å². The number of amides is 1. The van der Waals surface area contributed by atoms with E-state index < -0.39 is 11.4 Å². The van der Waals surface area contributed by atoms with E-state index in [0.717, 1.165) is 42.7 Å². The van der Waals surface area contributed by atoms with Crippen LogP contribution in [0.25, 0.3) is 10.2 Å². The van der Waals surface area contributed by atoms with Crippen molar-refractivity contribution < 1.29 is 13.9 Å². The number of thiophene rings is 1. The minimum atomic E-state index is -0.471. The Morgan fingerprint density at radius 1 is 1.18 bits per heavy atom. The van der Waals surface area contributed by atoms with Crippen LogP contribution < -0.4 is 20.7 Å². The summed E-state index contributed by atoms with van der Waals surface area (Å²) in [6.45, 7) is 10.2. The molecule has 1 aliphatic heterocycles. The standard InChI is InChI=1S/C30H39FN6O2S/c1-29(2)18-15-20(27(38)32-4)30(3,24(29)16-18)36-26-25-22(9-14-40-25)34-28(35-26)33-19-7-8-23(21(31)17-19)39-13-12-37-10-5-6-11-37/h7-9,14,17-18,20,24H,5-6,10-13,15-16H2,1-4H3,(H,32,38)(H2,33,34,35,36)/t18-,20-,24+,30+/m1/s1. The minimum absolute atomic E-state index is 0.0632. The topological polar surface area (TPSA) is 91.4 Å². The van der Waals surface area contributed by atoms with Crippen LogP contribution in [0.1, 0.15) is 46.5 Å². The van der Waals surface area contributed by atoms with Gasteiger partial charge < -0.3 is 20.7 Å². The predicted octanol–water partition coefficient (Wildman–Crippen LogP) is 5.65. The predicted molar refractivity (Wildman–Crippen MR) is 158 cm³/mol. The SMILES string of the molecule is CNC(=O)[C@H]1C[C@@H]2C[C@@H](C2(C)C)[C@@]1(C)Nc1nc(Nc2ccc(OCCN3CCCC3)c(F)c2)nc2ccsc12. The van der Waals surface area contributed by atoms with Crippen LogP contribution in [0.2, 0.25) is 0 Å². The maximum atomic E-state index is 14.9. The summed E-state index contributed by atoms with van der Waals surface area (Å²) in [5, 5.41) is 11.8. The van der Waals surface area contributed by atoms with Crippen molar-refractivity contribution in [2.75, 3.05) is 43.9 Å². The third-order valence-corrected chi connectivity index (χ3v) is 10.7. The number of anilines is 3. The van der Waals surface area contributed by atoms with Gasteiger partial charge in [0.15, 0.2) is 11.6 Å². The maximum absolute atomic E-state index is 14.9. The lowest BCUT2D eigenvalue weighted by atomic mass is 9.40. The summed E-state index contributed by atoms with van der Waals surface area (Å²) >= 11 is 1.57. The molecule has 1 saturated heterocycles. The summed E-state index contributed by atoms with van der Waals surface area (Å²) in [5.41, 5.74) is 1.01. The Balaban J connectivity index is 1.23. The molecule has 7 rings (SSSR count). The summed E-state index contributed by atoms with van der Waals surface area (Å²) < 4.78 is 21.6. The molecule has 1 aromatic carbocycles. The van der Waals surface area contributed by atoms with E-state index in [1.54, 1.807) is 30.5 Å². The molecule has 3 aliphatic carbocycles. The van der Waals surface area contributed by atoms with E-state index in [-0.39, 0.29) is 23.0 Å². The smallest absolute Gasteiger partial charge is 0.229 e. The number of aromatic nitrogens is 2. The van der Waals surface area contributed by atoms with E-state index in [0.29, 0.717) is 35.9 Å². The van der Waals surface area contributed by atoms with Crippen LogP contribution in [0.15, 0.2) is 29.6 Å². The zero-order valence-corrected chi connectivity index (χ0v) is 24.5. The fourth-order valence-corrected chi connectivity index (χ4v) is 8.08. The second-order valence-electron chi connectivity index (χ2n) is 12.3. The summed E-state index contributed by atoms with van der Waals surface area (Å²) in [6.07, 6.45) is 4.39. The van der Waals surface area contributed by atoms with E-state index >= 15 is 0 Å². The molecule has 10 heteroatoms. The van der Waals surface area contributed by atoms with E-state index in [9.17, 15) is 9.18 Å². The van der Waals surface area contributed by atoms with Crippen molar-refractivity contribution in [2.45, 2.75) is 52.0 Å². The quantitative estimate of drug-likeness (QED) is 0.308. The summed E-state index contributed by atoms with van der Waals surface area (Å²) in [6, 6.07) is 6.80. The fourth-order valence-electron chi connectivity index (χ4n) is 7.31. The molecule has 1 amide bonds. The first-order valence-corrected chi connectivity index (χ1v) is 15.2. The van der Waals surface area contributed by atoms with Crippen molar-refractivity contribution in [1.29, 1.82) is 0 Å². The molecular formula is C30H39FN6O2S. The van der Waals surface area contributed by atoms with Gasteiger partial charge in [-0.2, -0.15) is 4.98 Å². The first kappa shape index (κ1) is 27.2. The number of carbonyl (C=O) groups excluding carboxylic acids is 1. The number of halogens is 1. The fraction of sp³-hybridized carbons (Fsp3) is 0.567. The molecule has 0 unspecified atom stereocenters. The molecule has 2 aromatic heterocycles. The van der Waals surface area contributed by atoms with Crippen LogP contribution in [0, 0.1) is 29.0 Å². The van der Waals surface area contributed by atoms with Gasteiger partial charge in [-0.25, -0.2) is 9.37 Å². The van der Waals surface area contributed by atoms with Gasteiger partial charge in [-0.1, -0.05) is 13.8 Å². The average Bonchev–Trinajstić information content (AvgIpc) is 3.61. The molecule has 214 valence electrons. The average molecular weight is 567 g/mol. The number of benzene rings is 1. The van der Waals surface area contributed by atoms with Crippen LogP contribution in [0.3, 0.4) is 0 Å². The number of carbonyl (C=O) groups is 1. The van der Waals surface area contributed by atoms with E-state index in [1.165, 1.54) is 18.9 Å². The lowest BCUT2D eigenvalue weighted by Gasteiger charge is -2.66. The Kier molecular flexibility index (Phi) is 7.11. The molecule has 3 N–H and O–H groups in total.